The fourth-order valence-electron chi connectivity index (χ4n) is 5.68. The van der Waals surface area contributed by atoms with E-state index in [2.05, 4.69) is 12.0 Å². The van der Waals surface area contributed by atoms with Gasteiger partial charge in [0.2, 0.25) is 5.91 Å². The van der Waals surface area contributed by atoms with Gasteiger partial charge in [-0.2, -0.15) is 0 Å². The highest BCUT2D eigenvalue weighted by molar-refractivity contribution is 6.40. The van der Waals surface area contributed by atoms with E-state index in [9.17, 15) is 24.0 Å². The molecule has 11 nitrogen and oxygen atoms in total. The van der Waals surface area contributed by atoms with Crippen LogP contribution in [0.4, 0.5) is 16.2 Å². The number of hydrazine groups is 1. The molecule has 0 heterocycles. The summed E-state index contributed by atoms with van der Waals surface area (Å²) in [6, 6.07) is 31.4. The van der Waals surface area contributed by atoms with E-state index in [0.29, 0.717) is 12.0 Å². The average Bonchev–Trinajstić information content (AvgIpc) is 3.18. The van der Waals surface area contributed by atoms with Crippen molar-refractivity contribution < 1.29 is 38.2 Å². The van der Waals surface area contributed by atoms with Gasteiger partial charge in [0.05, 0.1) is 17.2 Å². The molecule has 0 saturated carbocycles. The van der Waals surface area contributed by atoms with Crippen LogP contribution in [-0.2, 0) is 28.6 Å². The zero-order valence-corrected chi connectivity index (χ0v) is 32.0. The Kier molecular flexibility index (Phi) is 14.9. The molecular formula is C44H49N3O8. The van der Waals surface area contributed by atoms with Gasteiger partial charge in [-0.3, -0.25) is 19.5 Å². The minimum absolute atomic E-state index is 0.0140. The van der Waals surface area contributed by atoms with Crippen molar-refractivity contribution in [2.24, 2.45) is 0 Å². The average molecular weight is 748 g/mol. The molecule has 11 heteroatoms. The maximum atomic E-state index is 14.1. The van der Waals surface area contributed by atoms with E-state index in [1.165, 1.54) is 17.2 Å². The molecule has 0 saturated heterocycles. The molecule has 1 N–H and O–H groups in total. The van der Waals surface area contributed by atoms with Crippen molar-refractivity contribution in [2.75, 3.05) is 18.1 Å². The third kappa shape index (κ3) is 11.6. The van der Waals surface area contributed by atoms with Crippen molar-refractivity contribution in [2.45, 2.75) is 71.5 Å². The Morgan fingerprint density at radius 2 is 1.36 bits per heavy atom. The zero-order chi connectivity index (χ0) is 40.0. The number of anilines is 2. The smallest absolute Gasteiger partial charge is 0.426 e. The van der Waals surface area contributed by atoms with Crippen LogP contribution in [0.5, 0.6) is 0 Å². The number of unbranched alkanes of at least 4 members (excludes halogenated alkanes) is 2. The zero-order valence-electron chi connectivity index (χ0n) is 32.0. The Hall–Kier alpha value is -6.23. The number of para-hydroxylation sites is 1. The molecule has 3 amide bonds. The lowest BCUT2D eigenvalue weighted by molar-refractivity contribution is -0.162. The van der Waals surface area contributed by atoms with Crippen LogP contribution in [0.25, 0.3) is 0 Å². The number of rotatable bonds is 14. The number of esters is 2. The van der Waals surface area contributed by atoms with Crippen LogP contribution in [0.1, 0.15) is 93.0 Å². The van der Waals surface area contributed by atoms with Crippen LogP contribution in [0.2, 0.25) is 0 Å². The highest BCUT2D eigenvalue weighted by Crippen LogP contribution is 2.34. The molecular weight excluding hydrogens is 698 g/mol. The summed E-state index contributed by atoms with van der Waals surface area (Å²) in [4.78, 5) is 68.7. The Balaban J connectivity index is 1.71. The predicted octanol–water partition coefficient (Wildman–Crippen LogP) is 8.59. The lowest BCUT2D eigenvalue weighted by atomic mass is 9.99. The second-order valence-electron chi connectivity index (χ2n) is 13.8. The number of hydrogen-bond donors (Lipinski definition) is 1. The van der Waals surface area contributed by atoms with Gasteiger partial charge in [-0.05, 0) is 75.1 Å². The standard InChI is InChI=1S/C44H49N3O8/c1-7-9-18-29-46(45-43(52)53-30-8-2)39(48)31(3)32-25-27-35(28-26-32)47(40(49)42(51)55-44(4,5)6)37-24-17-16-23-36(37)41(50)54-38(33-19-12-10-13-20-33)34-21-14-11-15-22-34/h8,10-17,19-28,31,38H,2,7,9,18,29-30H2,1,3-6H3,(H,45,52). The van der Waals surface area contributed by atoms with Crippen molar-refractivity contribution in [1.29, 1.82) is 0 Å². The number of ether oxygens (including phenoxy) is 3. The van der Waals surface area contributed by atoms with E-state index in [4.69, 9.17) is 14.2 Å². The fraction of sp³-hybridized carbons (Fsp3) is 0.295. The SMILES string of the molecule is C=CCOC(=O)NN(CCCCC)C(=O)C(C)c1ccc(N(C(=O)C(=O)OC(C)(C)C)c2ccccc2C(=O)OC(c2ccccc2)c2ccccc2)cc1. The van der Waals surface area contributed by atoms with Crippen LogP contribution in [0.3, 0.4) is 0 Å². The summed E-state index contributed by atoms with van der Waals surface area (Å²) >= 11 is 0. The summed E-state index contributed by atoms with van der Waals surface area (Å²) in [5.41, 5.74) is 3.96. The van der Waals surface area contributed by atoms with E-state index >= 15 is 0 Å². The van der Waals surface area contributed by atoms with Gasteiger partial charge in [0, 0.05) is 12.2 Å². The van der Waals surface area contributed by atoms with Crippen molar-refractivity contribution in [3.8, 4) is 0 Å². The van der Waals surface area contributed by atoms with Crippen molar-refractivity contribution in [3.63, 3.8) is 0 Å². The number of carbonyl (C=O) groups is 5. The first kappa shape index (κ1) is 41.5. The van der Waals surface area contributed by atoms with E-state index in [1.807, 2.05) is 67.6 Å². The van der Waals surface area contributed by atoms with E-state index in [0.717, 1.165) is 28.9 Å². The van der Waals surface area contributed by atoms with Gasteiger partial charge >= 0.3 is 23.9 Å². The maximum Gasteiger partial charge on any atom is 0.426 e. The van der Waals surface area contributed by atoms with Gasteiger partial charge in [0.1, 0.15) is 12.2 Å². The lowest BCUT2D eigenvalue weighted by Crippen LogP contribution is -2.48. The van der Waals surface area contributed by atoms with Gasteiger partial charge in [-0.1, -0.05) is 117 Å². The summed E-state index contributed by atoms with van der Waals surface area (Å²) in [5.74, 6) is -4.00. The molecule has 1 atom stereocenters. The molecule has 0 fully saturated rings. The third-order valence-corrected chi connectivity index (χ3v) is 8.40. The first-order valence-electron chi connectivity index (χ1n) is 18.3. The van der Waals surface area contributed by atoms with E-state index in [1.54, 1.807) is 70.2 Å². The first-order chi connectivity index (χ1) is 26.3. The number of nitrogens with zero attached hydrogens (tertiary/aromatic N) is 2. The quantitative estimate of drug-likeness (QED) is 0.0339. The summed E-state index contributed by atoms with van der Waals surface area (Å²) in [6.45, 7) is 12.5. The highest BCUT2D eigenvalue weighted by atomic mass is 16.6. The van der Waals surface area contributed by atoms with Crippen LogP contribution >= 0.6 is 0 Å². The number of hydrogen-bond acceptors (Lipinski definition) is 8. The largest absolute Gasteiger partial charge is 0.453 e. The van der Waals surface area contributed by atoms with Crippen molar-refractivity contribution in [1.82, 2.24) is 10.4 Å². The van der Waals surface area contributed by atoms with Gasteiger partial charge in [0.25, 0.3) is 0 Å². The monoisotopic (exact) mass is 747 g/mol. The molecule has 0 spiro atoms. The van der Waals surface area contributed by atoms with Crippen LogP contribution in [-0.4, -0.2) is 53.6 Å². The van der Waals surface area contributed by atoms with Crippen molar-refractivity contribution >= 4 is 41.2 Å². The molecule has 4 rings (SSSR count). The Labute approximate surface area is 322 Å². The number of benzene rings is 4. The number of amides is 3. The molecule has 0 aliphatic heterocycles. The number of carbonyl (C=O) groups excluding carboxylic acids is 5. The van der Waals surface area contributed by atoms with Crippen molar-refractivity contribution in [3.05, 3.63) is 144 Å². The summed E-state index contributed by atoms with van der Waals surface area (Å²) in [7, 11) is 0. The van der Waals surface area contributed by atoms with Crippen LogP contribution < -0.4 is 10.3 Å². The van der Waals surface area contributed by atoms with Gasteiger partial charge in [0.15, 0.2) is 6.10 Å². The maximum absolute atomic E-state index is 14.1. The molecule has 4 aromatic rings. The summed E-state index contributed by atoms with van der Waals surface area (Å²) in [6.07, 6.45) is 2.32. The molecule has 4 aromatic carbocycles. The molecule has 55 heavy (non-hydrogen) atoms. The highest BCUT2D eigenvalue weighted by Gasteiger charge is 2.33. The molecule has 0 bridgehead atoms. The van der Waals surface area contributed by atoms with Gasteiger partial charge in [-0.15, -0.1) is 0 Å². The van der Waals surface area contributed by atoms with Crippen LogP contribution in [0.15, 0.2) is 122 Å². The third-order valence-electron chi connectivity index (χ3n) is 8.40. The molecule has 0 aliphatic carbocycles. The predicted molar refractivity (Wildman–Crippen MR) is 210 cm³/mol. The minimum Gasteiger partial charge on any atom is -0.453 e. The second kappa shape index (κ2) is 19.7. The minimum atomic E-state index is -1.13. The Morgan fingerprint density at radius 1 is 0.782 bits per heavy atom. The molecule has 1 unspecified atom stereocenters. The van der Waals surface area contributed by atoms with Gasteiger partial charge in [-0.25, -0.2) is 19.8 Å². The van der Waals surface area contributed by atoms with E-state index in [-0.39, 0.29) is 36.0 Å². The molecule has 0 aromatic heterocycles. The lowest BCUT2D eigenvalue weighted by Gasteiger charge is -2.28. The van der Waals surface area contributed by atoms with Crippen LogP contribution in [0, 0.1) is 0 Å². The normalized spacial score (nSPS) is 11.5. The fourth-order valence-corrected chi connectivity index (χ4v) is 5.68. The topological polar surface area (TPSA) is 132 Å². The summed E-state index contributed by atoms with van der Waals surface area (Å²) in [5, 5.41) is 1.25. The molecule has 288 valence electrons. The summed E-state index contributed by atoms with van der Waals surface area (Å²) < 4.78 is 16.7. The second-order valence-corrected chi connectivity index (χ2v) is 13.8. The number of nitrogens with one attached hydrogen (secondary N) is 1. The Morgan fingerprint density at radius 3 is 1.93 bits per heavy atom. The van der Waals surface area contributed by atoms with E-state index < -0.39 is 41.6 Å². The molecule has 0 radical (unpaired) electrons. The molecule has 0 aliphatic rings. The van der Waals surface area contributed by atoms with Gasteiger partial charge < -0.3 is 14.2 Å². The first-order valence-corrected chi connectivity index (χ1v) is 18.3. The Bertz CT molecular complexity index is 1880.